The van der Waals surface area contributed by atoms with Crippen molar-refractivity contribution in [2.24, 2.45) is 17.8 Å². The minimum atomic E-state index is 0.312. The third-order valence-corrected chi connectivity index (χ3v) is 4.13. The third-order valence-electron chi connectivity index (χ3n) is 4.13. The molecule has 0 saturated heterocycles. The zero-order chi connectivity index (χ0) is 18.5. The molecule has 8 nitrogen and oxygen atoms in total. The highest BCUT2D eigenvalue weighted by atomic mass is 16.5. The summed E-state index contributed by atoms with van der Waals surface area (Å²) in [4.78, 5) is 4.43. The molecule has 26 heavy (non-hydrogen) atoms. The summed E-state index contributed by atoms with van der Waals surface area (Å²) in [5.41, 5.74) is 8.75. The van der Waals surface area contributed by atoms with E-state index in [0.717, 1.165) is 35.5 Å². The summed E-state index contributed by atoms with van der Waals surface area (Å²) < 4.78 is 18.5. The van der Waals surface area contributed by atoms with Gasteiger partial charge in [0.1, 0.15) is 0 Å². The molecule has 2 heterocycles. The molecule has 1 aliphatic rings. The number of nitrogens with zero attached hydrogens (tertiary/aromatic N) is 3. The second-order valence-corrected chi connectivity index (χ2v) is 5.95. The van der Waals surface area contributed by atoms with Crippen LogP contribution in [0.15, 0.2) is 23.2 Å². The van der Waals surface area contributed by atoms with Crippen molar-refractivity contribution in [2.75, 3.05) is 25.6 Å². The number of benzene rings is 1. The summed E-state index contributed by atoms with van der Waals surface area (Å²) in [6.07, 6.45) is 1.67. The van der Waals surface area contributed by atoms with Gasteiger partial charge in [-0.2, -0.15) is 5.10 Å². The average molecular weight is 359 g/mol. The summed E-state index contributed by atoms with van der Waals surface area (Å²) >= 11 is 0. The molecular weight excluding hydrogens is 334 g/mol. The molecule has 0 saturated carbocycles. The van der Waals surface area contributed by atoms with E-state index < -0.39 is 0 Å². The van der Waals surface area contributed by atoms with E-state index in [4.69, 9.17) is 19.9 Å². The third kappa shape index (κ3) is 3.84. The quantitative estimate of drug-likeness (QED) is 0.627. The highest BCUT2D eigenvalue weighted by molar-refractivity contribution is 5.92. The summed E-state index contributed by atoms with van der Waals surface area (Å²) in [7, 11) is 3.48. The number of aliphatic imine (C=N–C) groups is 1. The summed E-state index contributed by atoms with van der Waals surface area (Å²) in [5, 5.41) is 7.54. The van der Waals surface area contributed by atoms with Crippen molar-refractivity contribution in [3.05, 3.63) is 29.5 Å². The second-order valence-electron chi connectivity index (χ2n) is 5.95. The molecule has 0 aliphatic carbocycles. The Bertz CT molecular complexity index is 800. The van der Waals surface area contributed by atoms with Crippen molar-refractivity contribution in [2.45, 2.75) is 26.3 Å². The van der Waals surface area contributed by atoms with Crippen LogP contribution in [0.4, 0.5) is 5.69 Å². The molecule has 8 heteroatoms. The van der Waals surface area contributed by atoms with Gasteiger partial charge in [-0.25, -0.2) is 9.67 Å². The van der Waals surface area contributed by atoms with Crippen LogP contribution in [0.2, 0.25) is 0 Å². The van der Waals surface area contributed by atoms with Gasteiger partial charge < -0.3 is 25.3 Å². The zero-order valence-corrected chi connectivity index (χ0v) is 15.4. The van der Waals surface area contributed by atoms with E-state index in [2.05, 4.69) is 15.4 Å². The molecule has 1 aromatic heterocycles. The first kappa shape index (κ1) is 17.9. The van der Waals surface area contributed by atoms with E-state index in [1.807, 2.05) is 32.2 Å². The Labute approximate surface area is 153 Å². The Morgan fingerprint density at radius 3 is 2.85 bits per heavy atom. The van der Waals surface area contributed by atoms with Gasteiger partial charge in [-0.1, -0.05) is 6.92 Å². The van der Waals surface area contributed by atoms with Gasteiger partial charge >= 0.3 is 0 Å². The van der Waals surface area contributed by atoms with Crippen LogP contribution in [0.3, 0.4) is 0 Å². The van der Waals surface area contributed by atoms with E-state index >= 15 is 0 Å². The number of methoxy groups -OCH3 is 1. The van der Waals surface area contributed by atoms with E-state index in [0.29, 0.717) is 37.3 Å². The number of nitrogens with one attached hydrogen (secondary N) is 1. The number of hydrogen-bond acceptors (Lipinski definition) is 5. The zero-order valence-electron chi connectivity index (χ0n) is 15.4. The van der Waals surface area contributed by atoms with Crippen LogP contribution in [0.25, 0.3) is 0 Å². The Hall–Kier alpha value is -2.90. The van der Waals surface area contributed by atoms with Crippen molar-refractivity contribution in [1.82, 2.24) is 9.78 Å². The molecular formula is C18H25N5O3. The molecule has 0 bridgehead atoms. The van der Waals surface area contributed by atoms with Gasteiger partial charge in [-0.15, -0.1) is 0 Å². The van der Waals surface area contributed by atoms with Crippen LogP contribution >= 0.6 is 0 Å². The van der Waals surface area contributed by atoms with Crippen molar-refractivity contribution < 1.29 is 14.2 Å². The first-order valence-electron chi connectivity index (χ1n) is 8.67. The van der Waals surface area contributed by atoms with Crippen LogP contribution in [0.5, 0.6) is 17.4 Å². The highest BCUT2D eigenvalue weighted by Gasteiger charge is 2.15. The number of rotatable bonds is 5. The first-order chi connectivity index (χ1) is 12.6. The fourth-order valence-electron chi connectivity index (χ4n) is 2.90. The maximum absolute atomic E-state index is 6.05. The number of fused-ring (bicyclic) bond motifs is 1. The number of guanidine groups is 1. The number of nitrogens with two attached hydrogens (primary N) is 1. The van der Waals surface area contributed by atoms with Gasteiger partial charge in [-0.3, -0.25) is 0 Å². The number of anilines is 1. The van der Waals surface area contributed by atoms with Crippen molar-refractivity contribution >= 4 is 11.6 Å². The van der Waals surface area contributed by atoms with Gasteiger partial charge in [0.15, 0.2) is 17.5 Å². The Morgan fingerprint density at radius 1 is 1.35 bits per heavy atom. The number of aromatic nitrogens is 2. The summed E-state index contributed by atoms with van der Waals surface area (Å²) in [6, 6.07) is 5.62. The summed E-state index contributed by atoms with van der Waals surface area (Å²) in [5.74, 6) is 2.47. The minimum Gasteiger partial charge on any atom is -0.490 e. The van der Waals surface area contributed by atoms with Crippen LogP contribution in [0, 0.1) is 0 Å². The lowest BCUT2D eigenvalue weighted by Crippen LogP contribution is -2.22. The molecule has 3 N–H and O–H groups in total. The molecule has 0 radical (unpaired) electrons. The number of ether oxygens (including phenoxy) is 3. The molecule has 1 aliphatic heterocycles. The molecule has 140 valence electrons. The molecule has 1 aromatic carbocycles. The second kappa shape index (κ2) is 7.99. The molecule has 2 aromatic rings. The molecule has 0 amide bonds. The monoisotopic (exact) mass is 359 g/mol. The number of aryl methyl sites for hydroxylation is 2. The lowest BCUT2D eigenvalue weighted by Gasteiger charge is -2.11. The van der Waals surface area contributed by atoms with Crippen molar-refractivity contribution in [1.29, 1.82) is 0 Å². The first-order valence-corrected chi connectivity index (χ1v) is 8.67. The maximum atomic E-state index is 6.05. The Kier molecular flexibility index (Phi) is 5.50. The average Bonchev–Trinajstić information content (AvgIpc) is 2.79. The standard InChI is InChI=1S/C18H25N5O3/c1-4-14-13(17(24-3)23(2)22-14)11-20-18(19)21-12-6-7-15-16(10-12)26-9-5-8-25-15/h6-7,10H,4-5,8-9,11H2,1-3H3,(H3,19,20,21). The predicted octanol–water partition coefficient (Wildman–Crippen LogP) is 2.08. The summed E-state index contributed by atoms with van der Waals surface area (Å²) in [6.45, 7) is 3.74. The van der Waals surface area contributed by atoms with Crippen molar-refractivity contribution in [3.8, 4) is 17.4 Å². The van der Waals surface area contributed by atoms with Gasteiger partial charge in [0, 0.05) is 25.2 Å². The largest absolute Gasteiger partial charge is 0.490 e. The number of hydrogen-bond donors (Lipinski definition) is 2. The molecule has 0 unspecified atom stereocenters. The van der Waals surface area contributed by atoms with Crippen LogP contribution in [0.1, 0.15) is 24.6 Å². The van der Waals surface area contributed by atoms with E-state index in [1.165, 1.54) is 0 Å². The minimum absolute atomic E-state index is 0.312. The lowest BCUT2D eigenvalue weighted by atomic mass is 10.2. The molecule has 0 spiro atoms. The van der Waals surface area contributed by atoms with Crippen molar-refractivity contribution in [3.63, 3.8) is 0 Å². The molecule has 0 atom stereocenters. The van der Waals surface area contributed by atoms with Crippen LogP contribution in [-0.2, 0) is 20.0 Å². The fourth-order valence-corrected chi connectivity index (χ4v) is 2.90. The maximum Gasteiger partial charge on any atom is 0.216 e. The molecule has 3 rings (SSSR count). The van der Waals surface area contributed by atoms with E-state index in [1.54, 1.807) is 11.8 Å². The molecule has 0 fully saturated rings. The highest BCUT2D eigenvalue weighted by Crippen LogP contribution is 2.32. The van der Waals surface area contributed by atoms with Crippen LogP contribution < -0.4 is 25.3 Å². The lowest BCUT2D eigenvalue weighted by molar-refractivity contribution is 0.297. The fraction of sp³-hybridized carbons (Fsp3) is 0.444. The Morgan fingerprint density at radius 2 is 2.12 bits per heavy atom. The Balaban J connectivity index is 1.72. The normalized spacial score (nSPS) is 14.0. The topological polar surface area (TPSA) is 95.9 Å². The van der Waals surface area contributed by atoms with Crippen LogP contribution in [-0.4, -0.2) is 36.1 Å². The van der Waals surface area contributed by atoms with E-state index in [-0.39, 0.29) is 0 Å². The van der Waals surface area contributed by atoms with E-state index in [9.17, 15) is 0 Å². The van der Waals surface area contributed by atoms with Gasteiger partial charge in [0.25, 0.3) is 0 Å². The SMILES string of the molecule is CCc1nn(C)c(OC)c1CN=C(N)Nc1ccc2c(c1)OCCCO2. The van der Waals surface area contributed by atoms with Gasteiger partial charge in [0.05, 0.1) is 38.1 Å². The predicted molar refractivity (Wildman–Crippen MR) is 100 cm³/mol. The smallest absolute Gasteiger partial charge is 0.216 e. The van der Waals surface area contributed by atoms with Gasteiger partial charge in [-0.05, 0) is 18.6 Å². The van der Waals surface area contributed by atoms with Gasteiger partial charge in [0.2, 0.25) is 5.88 Å².